The summed E-state index contributed by atoms with van der Waals surface area (Å²) in [5, 5.41) is 13.4. The standard InChI is InChI=1S/C20H20N6O2/c27-20-5-4-19(25-9-1-7-23-25)24-26(20)18-13-28-12-17(18)22-11-14-2-3-16-15(10-14)6-8-21-16/h1-10,17-18,21-22H,11-13H2. The van der Waals surface area contributed by atoms with Gasteiger partial charge in [0.1, 0.15) is 0 Å². The Kier molecular flexibility index (Phi) is 4.27. The van der Waals surface area contributed by atoms with Gasteiger partial charge in [0.25, 0.3) is 5.56 Å². The van der Waals surface area contributed by atoms with Gasteiger partial charge >= 0.3 is 0 Å². The van der Waals surface area contributed by atoms with Crippen LogP contribution in [0.2, 0.25) is 0 Å². The summed E-state index contributed by atoms with van der Waals surface area (Å²) in [6.45, 7) is 1.68. The van der Waals surface area contributed by atoms with Crippen molar-refractivity contribution >= 4 is 10.9 Å². The molecule has 0 radical (unpaired) electrons. The van der Waals surface area contributed by atoms with Gasteiger partial charge in [-0.25, -0.2) is 9.36 Å². The Hall–Kier alpha value is -3.23. The van der Waals surface area contributed by atoms with E-state index in [1.165, 1.54) is 21.7 Å². The molecule has 0 spiro atoms. The Morgan fingerprint density at radius 3 is 3.07 bits per heavy atom. The van der Waals surface area contributed by atoms with Gasteiger partial charge in [-0.1, -0.05) is 6.07 Å². The van der Waals surface area contributed by atoms with E-state index in [2.05, 4.69) is 44.8 Å². The van der Waals surface area contributed by atoms with E-state index in [-0.39, 0.29) is 17.6 Å². The molecule has 8 heteroatoms. The third-order valence-corrected chi connectivity index (χ3v) is 5.10. The Morgan fingerprint density at radius 1 is 1.21 bits per heavy atom. The van der Waals surface area contributed by atoms with Crippen LogP contribution in [0.5, 0.6) is 0 Å². The van der Waals surface area contributed by atoms with E-state index in [4.69, 9.17) is 4.74 Å². The molecule has 3 aromatic heterocycles. The zero-order chi connectivity index (χ0) is 18.9. The van der Waals surface area contributed by atoms with Crippen molar-refractivity contribution in [2.45, 2.75) is 18.6 Å². The molecule has 142 valence electrons. The third kappa shape index (κ3) is 3.12. The predicted octanol–water partition coefficient (Wildman–Crippen LogP) is 1.64. The van der Waals surface area contributed by atoms with Gasteiger partial charge in [0.15, 0.2) is 5.82 Å². The molecule has 0 saturated carbocycles. The Morgan fingerprint density at radius 2 is 2.18 bits per heavy atom. The summed E-state index contributed by atoms with van der Waals surface area (Å²) in [7, 11) is 0. The molecule has 8 nitrogen and oxygen atoms in total. The maximum atomic E-state index is 12.4. The van der Waals surface area contributed by atoms with E-state index in [1.54, 1.807) is 23.1 Å². The van der Waals surface area contributed by atoms with Crippen LogP contribution in [0.1, 0.15) is 11.6 Å². The van der Waals surface area contributed by atoms with Crippen molar-refractivity contribution in [1.29, 1.82) is 0 Å². The highest BCUT2D eigenvalue weighted by Crippen LogP contribution is 2.19. The Labute approximate surface area is 160 Å². The number of H-pyrrole nitrogens is 1. The molecule has 2 unspecified atom stereocenters. The monoisotopic (exact) mass is 376 g/mol. The summed E-state index contributed by atoms with van der Waals surface area (Å²) in [6.07, 6.45) is 5.42. The van der Waals surface area contributed by atoms with E-state index >= 15 is 0 Å². The molecule has 2 atom stereocenters. The lowest BCUT2D eigenvalue weighted by Crippen LogP contribution is -2.41. The SMILES string of the molecule is O=c1ccc(-n2cccn2)nn1C1COCC1NCc1ccc2[nH]ccc2c1. The number of aromatic amines is 1. The quantitative estimate of drug-likeness (QED) is 0.553. The minimum atomic E-state index is -0.168. The maximum absolute atomic E-state index is 12.4. The van der Waals surface area contributed by atoms with Crippen LogP contribution in [-0.4, -0.2) is 43.8 Å². The van der Waals surface area contributed by atoms with Crippen LogP contribution >= 0.6 is 0 Å². The fourth-order valence-electron chi connectivity index (χ4n) is 3.62. The molecular formula is C20H20N6O2. The maximum Gasteiger partial charge on any atom is 0.267 e. The molecule has 0 bridgehead atoms. The number of fused-ring (bicyclic) bond motifs is 1. The zero-order valence-corrected chi connectivity index (χ0v) is 15.2. The van der Waals surface area contributed by atoms with Crippen molar-refractivity contribution in [1.82, 2.24) is 29.9 Å². The molecule has 0 amide bonds. The summed E-state index contributed by atoms with van der Waals surface area (Å²) >= 11 is 0. The molecular weight excluding hydrogens is 356 g/mol. The lowest BCUT2D eigenvalue weighted by Gasteiger charge is -2.20. The summed E-state index contributed by atoms with van der Waals surface area (Å²) < 4.78 is 8.82. The number of hydrogen-bond donors (Lipinski definition) is 2. The Balaban J connectivity index is 1.36. The molecule has 1 saturated heterocycles. The van der Waals surface area contributed by atoms with Gasteiger partial charge in [-0.2, -0.15) is 5.10 Å². The normalized spacial score (nSPS) is 19.4. The second-order valence-corrected chi connectivity index (χ2v) is 6.92. The minimum Gasteiger partial charge on any atom is -0.377 e. The van der Waals surface area contributed by atoms with Crippen LogP contribution in [0, 0.1) is 0 Å². The number of rotatable bonds is 5. The highest BCUT2D eigenvalue weighted by molar-refractivity contribution is 5.79. The third-order valence-electron chi connectivity index (χ3n) is 5.10. The molecule has 4 heterocycles. The van der Waals surface area contributed by atoms with Gasteiger partial charge in [-0.05, 0) is 41.3 Å². The predicted molar refractivity (Wildman–Crippen MR) is 104 cm³/mol. The number of nitrogens with zero attached hydrogens (tertiary/aromatic N) is 4. The zero-order valence-electron chi connectivity index (χ0n) is 15.2. The van der Waals surface area contributed by atoms with Crippen molar-refractivity contribution in [2.24, 2.45) is 0 Å². The number of nitrogens with one attached hydrogen (secondary N) is 2. The van der Waals surface area contributed by atoms with Crippen LogP contribution in [0.3, 0.4) is 0 Å². The number of hydrogen-bond acceptors (Lipinski definition) is 5. The van der Waals surface area contributed by atoms with Gasteiger partial charge in [-0.15, -0.1) is 5.10 Å². The summed E-state index contributed by atoms with van der Waals surface area (Å²) in [4.78, 5) is 15.7. The highest BCUT2D eigenvalue weighted by atomic mass is 16.5. The van der Waals surface area contributed by atoms with E-state index < -0.39 is 0 Å². The van der Waals surface area contributed by atoms with Crippen LogP contribution in [0.25, 0.3) is 16.7 Å². The average molecular weight is 376 g/mol. The topological polar surface area (TPSA) is 89.8 Å². The lowest BCUT2D eigenvalue weighted by atomic mass is 10.1. The summed E-state index contributed by atoms with van der Waals surface area (Å²) in [5.74, 6) is 0.605. The first-order chi connectivity index (χ1) is 13.8. The molecule has 5 rings (SSSR count). The molecule has 1 aliphatic heterocycles. The van der Waals surface area contributed by atoms with E-state index in [0.717, 1.165) is 5.52 Å². The first kappa shape index (κ1) is 16.9. The first-order valence-electron chi connectivity index (χ1n) is 9.25. The smallest absolute Gasteiger partial charge is 0.267 e. The largest absolute Gasteiger partial charge is 0.377 e. The second-order valence-electron chi connectivity index (χ2n) is 6.92. The van der Waals surface area contributed by atoms with Crippen molar-refractivity contribution in [3.05, 3.63) is 77.0 Å². The van der Waals surface area contributed by atoms with E-state index in [0.29, 0.717) is 25.6 Å². The number of ether oxygens (including phenoxy) is 1. The van der Waals surface area contributed by atoms with Crippen LogP contribution in [-0.2, 0) is 11.3 Å². The van der Waals surface area contributed by atoms with Gasteiger partial charge in [0.05, 0.1) is 25.3 Å². The Bertz CT molecular complexity index is 1150. The van der Waals surface area contributed by atoms with Crippen LogP contribution < -0.4 is 10.9 Å². The first-order valence-corrected chi connectivity index (χ1v) is 9.25. The van der Waals surface area contributed by atoms with E-state index in [9.17, 15) is 4.79 Å². The van der Waals surface area contributed by atoms with E-state index in [1.807, 2.05) is 12.3 Å². The second kappa shape index (κ2) is 7.06. The van der Waals surface area contributed by atoms with Crippen LogP contribution in [0.4, 0.5) is 0 Å². The highest BCUT2D eigenvalue weighted by Gasteiger charge is 2.31. The molecule has 28 heavy (non-hydrogen) atoms. The average Bonchev–Trinajstić information content (AvgIpc) is 3.47. The molecule has 2 N–H and O–H groups in total. The molecule has 0 aliphatic carbocycles. The van der Waals surface area contributed by atoms with Gasteiger partial charge in [0, 0.05) is 36.7 Å². The number of benzene rings is 1. The minimum absolute atomic E-state index is 0.00000638. The fraction of sp³-hybridized carbons (Fsp3) is 0.250. The molecule has 1 aromatic carbocycles. The van der Waals surface area contributed by atoms with Crippen molar-refractivity contribution < 1.29 is 4.74 Å². The van der Waals surface area contributed by atoms with Gasteiger partial charge in [0.2, 0.25) is 0 Å². The molecule has 1 aliphatic rings. The molecule has 4 aromatic rings. The lowest BCUT2D eigenvalue weighted by molar-refractivity contribution is 0.180. The van der Waals surface area contributed by atoms with Crippen molar-refractivity contribution in [2.75, 3.05) is 13.2 Å². The fourth-order valence-corrected chi connectivity index (χ4v) is 3.62. The van der Waals surface area contributed by atoms with Gasteiger partial charge in [-0.3, -0.25) is 4.79 Å². The summed E-state index contributed by atoms with van der Waals surface area (Å²) in [5.41, 5.74) is 2.16. The summed E-state index contributed by atoms with van der Waals surface area (Å²) in [6, 6.07) is 13.3. The molecule has 1 fully saturated rings. The van der Waals surface area contributed by atoms with Gasteiger partial charge < -0.3 is 15.0 Å². The van der Waals surface area contributed by atoms with Crippen LogP contribution in [0.15, 0.2) is 65.8 Å². The van der Waals surface area contributed by atoms with Crippen molar-refractivity contribution in [3.8, 4) is 5.82 Å². The number of aromatic nitrogens is 5. The van der Waals surface area contributed by atoms with Crippen molar-refractivity contribution in [3.63, 3.8) is 0 Å².